The van der Waals surface area contributed by atoms with E-state index in [1.807, 2.05) is 41.1 Å². The lowest BCUT2D eigenvalue weighted by molar-refractivity contribution is -0.145. The standard InChI is InChI=1S/C21H27IN2O3/c1-23(12-14-6-7-14)21(26)16-10-19-18(8-9-27-19)24(13-16)20(25)11-15-4-2-3-5-17(15)22/h2-5,14,16,18-19H,6-13H2,1H3/t16?,18-,19-/m0/s1. The minimum absolute atomic E-state index is 0.000760. The first-order valence-electron chi connectivity index (χ1n) is 9.92. The van der Waals surface area contributed by atoms with Crippen LogP contribution in [0.1, 0.15) is 31.2 Å². The summed E-state index contributed by atoms with van der Waals surface area (Å²) in [5.41, 5.74) is 1.05. The number of carbonyl (C=O) groups is 2. The van der Waals surface area contributed by atoms with Gasteiger partial charge in [0.1, 0.15) is 0 Å². The van der Waals surface area contributed by atoms with Gasteiger partial charge >= 0.3 is 0 Å². The zero-order valence-corrected chi connectivity index (χ0v) is 17.9. The SMILES string of the molecule is CN(CC1CC1)C(=O)C1C[C@@H]2OCC[C@@H]2N(C(=O)Cc2ccccc2I)C1. The van der Waals surface area contributed by atoms with E-state index in [1.54, 1.807) is 0 Å². The van der Waals surface area contributed by atoms with Crippen molar-refractivity contribution in [2.75, 3.05) is 26.7 Å². The number of hydrogen-bond acceptors (Lipinski definition) is 3. The minimum Gasteiger partial charge on any atom is -0.376 e. The van der Waals surface area contributed by atoms with E-state index < -0.39 is 0 Å². The van der Waals surface area contributed by atoms with Gasteiger partial charge < -0.3 is 14.5 Å². The number of likely N-dealkylation sites (tertiary alicyclic amines) is 1. The number of carbonyl (C=O) groups excluding carboxylic acids is 2. The molecule has 1 saturated carbocycles. The van der Waals surface area contributed by atoms with E-state index in [1.165, 1.54) is 12.8 Å². The molecule has 1 unspecified atom stereocenters. The third-order valence-electron chi connectivity index (χ3n) is 6.08. The number of amides is 2. The Morgan fingerprint density at radius 2 is 2.04 bits per heavy atom. The minimum atomic E-state index is -0.146. The van der Waals surface area contributed by atoms with Crippen molar-refractivity contribution in [3.8, 4) is 0 Å². The Morgan fingerprint density at radius 3 is 2.78 bits per heavy atom. The molecule has 1 aliphatic carbocycles. The Hall–Kier alpha value is -1.15. The summed E-state index contributed by atoms with van der Waals surface area (Å²) in [6.45, 7) is 2.06. The first-order valence-corrected chi connectivity index (χ1v) is 11.0. The zero-order valence-electron chi connectivity index (χ0n) is 15.8. The molecule has 3 fully saturated rings. The molecular formula is C21H27IN2O3. The molecule has 2 amide bonds. The average molecular weight is 482 g/mol. The van der Waals surface area contributed by atoms with E-state index >= 15 is 0 Å². The maximum atomic E-state index is 13.1. The summed E-state index contributed by atoms with van der Waals surface area (Å²) in [7, 11) is 1.90. The Labute approximate surface area is 174 Å². The summed E-state index contributed by atoms with van der Waals surface area (Å²) in [5.74, 6) is 0.813. The molecule has 146 valence electrons. The predicted molar refractivity (Wildman–Crippen MR) is 111 cm³/mol. The number of hydrogen-bond donors (Lipinski definition) is 0. The molecule has 0 spiro atoms. The molecular weight excluding hydrogens is 455 g/mol. The quantitative estimate of drug-likeness (QED) is 0.607. The molecule has 2 heterocycles. The van der Waals surface area contributed by atoms with E-state index in [2.05, 4.69) is 22.6 Å². The third kappa shape index (κ3) is 4.31. The lowest BCUT2D eigenvalue weighted by atomic mass is 9.88. The molecule has 0 aromatic heterocycles. The number of piperidine rings is 1. The zero-order chi connectivity index (χ0) is 19.0. The molecule has 27 heavy (non-hydrogen) atoms. The maximum absolute atomic E-state index is 13.1. The topological polar surface area (TPSA) is 49.9 Å². The molecule has 4 rings (SSSR count). The Kier molecular flexibility index (Phi) is 5.73. The van der Waals surface area contributed by atoms with Gasteiger partial charge in [-0.1, -0.05) is 18.2 Å². The molecule has 1 aromatic carbocycles. The normalized spacial score (nSPS) is 27.3. The van der Waals surface area contributed by atoms with Gasteiger partial charge in [0.15, 0.2) is 0 Å². The lowest BCUT2D eigenvalue weighted by Gasteiger charge is -2.41. The smallest absolute Gasteiger partial charge is 0.227 e. The van der Waals surface area contributed by atoms with Crippen molar-refractivity contribution in [1.82, 2.24) is 9.80 Å². The summed E-state index contributed by atoms with van der Waals surface area (Å²) >= 11 is 2.28. The van der Waals surface area contributed by atoms with E-state index in [9.17, 15) is 9.59 Å². The Bertz CT molecular complexity index is 721. The fraction of sp³-hybridized carbons (Fsp3) is 0.619. The highest BCUT2D eigenvalue weighted by molar-refractivity contribution is 14.1. The summed E-state index contributed by atoms with van der Waals surface area (Å²) in [5, 5.41) is 0. The van der Waals surface area contributed by atoms with Crippen molar-refractivity contribution in [3.63, 3.8) is 0 Å². The third-order valence-corrected chi connectivity index (χ3v) is 7.14. The number of halogens is 1. The Morgan fingerprint density at radius 1 is 1.26 bits per heavy atom. The summed E-state index contributed by atoms with van der Waals surface area (Å²) < 4.78 is 7.01. The number of ether oxygens (including phenoxy) is 1. The van der Waals surface area contributed by atoms with Crippen LogP contribution >= 0.6 is 22.6 Å². The molecule has 0 N–H and O–H groups in total. The fourth-order valence-corrected chi connectivity index (χ4v) is 4.99. The van der Waals surface area contributed by atoms with Crippen LogP contribution in [0.5, 0.6) is 0 Å². The van der Waals surface area contributed by atoms with Crippen LogP contribution in [0.2, 0.25) is 0 Å². The van der Waals surface area contributed by atoms with Gasteiger partial charge in [-0.2, -0.15) is 0 Å². The number of nitrogens with zero attached hydrogens (tertiary/aromatic N) is 2. The predicted octanol–water partition coefficient (Wildman–Crippen LogP) is 2.71. The van der Waals surface area contributed by atoms with E-state index in [-0.39, 0.29) is 29.9 Å². The number of fused-ring (bicyclic) bond motifs is 1. The van der Waals surface area contributed by atoms with Crippen molar-refractivity contribution in [2.45, 2.75) is 44.2 Å². The summed E-state index contributed by atoms with van der Waals surface area (Å²) in [4.78, 5) is 29.9. The van der Waals surface area contributed by atoms with Crippen LogP contribution in [-0.2, 0) is 20.7 Å². The largest absolute Gasteiger partial charge is 0.376 e. The van der Waals surface area contributed by atoms with E-state index in [4.69, 9.17) is 4.74 Å². The van der Waals surface area contributed by atoms with E-state index in [0.717, 1.165) is 28.5 Å². The second kappa shape index (κ2) is 8.07. The number of benzene rings is 1. The first kappa shape index (κ1) is 19.2. The molecule has 0 radical (unpaired) electrons. The lowest BCUT2D eigenvalue weighted by Crippen LogP contribution is -2.55. The van der Waals surface area contributed by atoms with Crippen LogP contribution in [0.4, 0.5) is 0 Å². The highest BCUT2D eigenvalue weighted by atomic mass is 127. The van der Waals surface area contributed by atoms with Crippen molar-refractivity contribution in [2.24, 2.45) is 11.8 Å². The monoisotopic (exact) mass is 482 g/mol. The van der Waals surface area contributed by atoms with Crippen LogP contribution < -0.4 is 0 Å². The molecule has 2 saturated heterocycles. The maximum Gasteiger partial charge on any atom is 0.227 e. The van der Waals surface area contributed by atoms with E-state index in [0.29, 0.717) is 25.5 Å². The highest BCUT2D eigenvalue weighted by Gasteiger charge is 2.44. The second-order valence-electron chi connectivity index (χ2n) is 8.17. The second-order valence-corrected chi connectivity index (χ2v) is 9.34. The van der Waals surface area contributed by atoms with Crippen molar-refractivity contribution in [1.29, 1.82) is 0 Å². The van der Waals surface area contributed by atoms with Gasteiger partial charge in [-0.25, -0.2) is 0 Å². The van der Waals surface area contributed by atoms with Gasteiger partial charge in [-0.15, -0.1) is 0 Å². The molecule has 3 aliphatic rings. The van der Waals surface area contributed by atoms with Crippen molar-refractivity contribution < 1.29 is 14.3 Å². The molecule has 5 nitrogen and oxygen atoms in total. The first-order chi connectivity index (χ1) is 13.0. The molecule has 2 aliphatic heterocycles. The van der Waals surface area contributed by atoms with Crippen LogP contribution in [0.3, 0.4) is 0 Å². The van der Waals surface area contributed by atoms with Crippen LogP contribution in [0.25, 0.3) is 0 Å². The van der Waals surface area contributed by atoms with Crippen LogP contribution in [-0.4, -0.2) is 60.5 Å². The molecule has 0 bridgehead atoms. The average Bonchev–Trinajstić information content (AvgIpc) is 3.34. The van der Waals surface area contributed by atoms with Crippen molar-refractivity contribution in [3.05, 3.63) is 33.4 Å². The van der Waals surface area contributed by atoms with Gasteiger partial charge in [0, 0.05) is 30.3 Å². The van der Waals surface area contributed by atoms with Gasteiger partial charge in [-0.3, -0.25) is 9.59 Å². The van der Waals surface area contributed by atoms with Crippen LogP contribution in [0, 0.1) is 15.4 Å². The van der Waals surface area contributed by atoms with Crippen LogP contribution in [0.15, 0.2) is 24.3 Å². The fourth-order valence-electron chi connectivity index (χ4n) is 4.41. The number of rotatable bonds is 5. The van der Waals surface area contributed by atoms with Crippen molar-refractivity contribution >= 4 is 34.4 Å². The molecule has 6 heteroatoms. The Balaban J connectivity index is 1.47. The summed E-state index contributed by atoms with van der Waals surface area (Å²) in [6.07, 6.45) is 4.47. The van der Waals surface area contributed by atoms with Gasteiger partial charge in [0.25, 0.3) is 0 Å². The van der Waals surface area contributed by atoms with Gasteiger partial charge in [0.05, 0.1) is 24.5 Å². The highest BCUT2D eigenvalue weighted by Crippen LogP contribution is 2.34. The van der Waals surface area contributed by atoms with Gasteiger partial charge in [0.2, 0.25) is 11.8 Å². The molecule has 3 atom stereocenters. The summed E-state index contributed by atoms with van der Waals surface area (Å²) in [6, 6.07) is 8.12. The van der Waals surface area contributed by atoms with Gasteiger partial charge in [-0.05, 0) is 65.8 Å². The molecule has 1 aromatic rings.